The van der Waals surface area contributed by atoms with Crippen LogP contribution in [0.25, 0.3) is 0 Å². The molecule has 1 aromatic rings. The van der Waals surface area contributed by atoms with Gasteiger partial charge in [-0.2, -0.15) is 8.42 Å². The van der Waals surface area contributed by atoms with Crippen molar-refractivity contribution in [2.45, 2.75) is 18.2 Å². The largest absolute Gasteiger partial charge is 0.396 e. The van der Waals surface area contributed by atoms with Crippen molar-refractivity contribution in [1.82, 2.24) is 0 Å². The Kier molecular flexibility index (Phi) is 6.32. The highest BCUT2D eigenvalue weighted by molar-refractivity contribution is 7.87. The minimum Gasteiger partial charge on any atom is -0.396 e. The quantitative estimate of drug-likeness (QED) is 0.420. The lowest BCUT2D eigenvalue weighted by Crippen LogP contribution is -2.09. The van der Waals surface area contributed by atoms with Gasteiger partial charge in [0.25, 0.3) is 10.1 Å². The number of rotatable bonds is 8. The molecule has 9 heteroatoms. The highest BCUT2D eigenvalue weighted by Crippen LogP contribution is 2.42. The van der Waals surface area contributed by atoms with Gasteiger partial charge in [0.05, 0.1) is 11.5 Å². The van der Waals surface area contributed by atoms with Crippen LogP contribution in [-0.2, 0) is 23.4 Å². The van der Waals surface area contributed by atoms with Gasteiger partial charge in [-0.1, -0.05) is 17.7 Å². The van der Waals surface area contributed by atoms with Crippen molar-refractivity contribution in [3.63, 3.8) is 0 Å². The van der Waals surface area contributed by atoms with E-state index in [0.717, 1.165) is 5.56 Å². The molecule has 0 radical (unpaired) electrons. The molecule has 0 spiro atoms. The average Bonchev–Trinajstić information content (AvgIpc) is 2.37. The zero-order chi connectivity index (χ0) is 15.2. The first kappa shape index (κ1) is 17.3. The van der Waals surface area contributed by atoms with Crippen LogP contribution in [0, 0.1) is 6.92 Å². The van der Waals surface area contributed by atoms with E-state index in [0.29, 0.717) is 0 Å². The molecule has 0 aliphatic carbocycles. The highest BCUT2D eigenvalue weighted by Gasteiger charge is 2.25. The van der Waals surface area contributed by atoms with E-state index in [1.807, 2.05) is 0 Å². The first-order chi connectivity index (χ1) is 9.27. The summed E-state index contributed by atoms with van der Waals surface area (Å²) in [6, 6.07) is 5.87. The molecule has 0 aliphatic heterocycles. The molecule has 0 aromatic heterocycles. The van der Waals surface area contributed by atoms with Crippen molar-refractivity contribution in [2.75, 3.05) is 19.6 Å². The van der Waals surface area contributed by atoms with Gasteiger partial charge in [-0.05, 0) is 25.5 Å². The maximum atomic E-state index is 11.8. The van der Waals surface area contributed by atoms with E-state index in [4.69, 9.17) is 5.11 Å². The molecular formula is C11H17O7PS. The summed E-state index contributed by atoms with van der Waals surface area (Å²) in [6.07, 6.45) is -0.788. The Balaban J connectivity index is 2.63. The number of aryl methyl sites for hydroxylation is 1. The first-order valence-electron chi connectivity index (χ1n) is 5.80. The third-order valence-corrected chi connectivity index (χ3v) is 4.77. The van der Waals surface area contributed by atoms with Gasteiger partial charge in [0.2, 0.25) is 0 Å². The van der Waals surface area contributed by atoms with Crippen LogP contribution in [0.2, 0.25) is 0 Å². The van der Waals surface area contributed by atoms with Gasteiger partial charge < -0.3 is 14.5 Å². The molecule has 1 atom stereocenters. The SMILES string of the molecule is Cc1ccc(S(=O)(=O)OCP(=O)(O)OCCCO)cc1. The number of benzene rings is 1. The third-order valence-electron chi connectivity index (χ3n) is 2.28. The fraction of sp³-hybridized carbons (Fsp3) is 0.455. The average molecular weight is 324 g/mol. The minimum atomic E-state index is -4.16. The molecule has 0 saturated heterocycles. The van der Waals surface area contributed by atoms with Crippen molar-refractivity contribution in [1.29, 1.82) is 0 Å². The number of hydrogen-bond acceptors (Lipinski definition) is 6. The van der Waals surface area contributed by atoms with Crippen LogP contribution in [0.4, 0.5) is 0 Å². The lowest BCUT2D eigenvalue weighted by molar-refractivity contribution is 0.201. The molecule has 114 valence electrons. The zero-order valence-corrected chi connectivity index (χ0v) is 12.6. The number of aliphatic hydroxyl groups excluding tert-OH is 1. The third kappa shape index (κ3) is 5.70. The van der Waals surface area contributed by atoms with Gasteiger partial charge in [-0.3, -0.25) is 8.75 Å². The highest BCUT2D eigenvalue weighted by atomic mass is 32.2. The molecule has 0 saturated carbocycles. The Hall–Kier alpha value is -0.760. The molecule has 1 rings (SSSR count). The van der Waals surface area contributed by atoms with E-state index in [9.17, 15) is 17.9 Å². The van der Waals surface area contributed by atoms with Crippen molar-refractivity contribution < 1.29 is 31.7 Å². The minimum absolute atomic E-state index is 0.0986. The van der Waals surface area contributed by atoms with E-state index >= 15 is 0 Å². The molecule has 1 unspecified atom stereocenters. The van der Waals surface area contributed by atoms with Crippen LogP contribution in [0.5, 0.6) is 0 Å². The van der Waals surface area contributed by atoms with Crippen molar-refractivity contribution in [3.8, 4) is 0 Å². The van der Waals surface area contributed by atoms with E-state index < -0.39 is 24.1 Å². The Morgan fingerprint density at radius 3 is 2.40 bits per heavy atom. The van der Waals surface area contributed by atoms with Crippen molar-refractivity contribution in [3.05, 3.63) is 29.8 Å². The molecule has 0 aliphatic rings. The van der Waals surface area contributed by atoms with Crippen LogP contribution < -0.4 is 0 Å². The summed E-state index contributed by atoms with van der Waals surface area (Å²) in [5.74, 6) is 0. The normalized spacial score (nSPS) is 14.9. The summed E-state index contributed by atoms with van der Waals surface area (Å²) in [5.41, 5.74) is 0.879. The lowest BCUT2D eigenvalue weighted by atomic mass is 10.2. The summed E-state index contributed by atoms with van der Waals surface area (Å²) in [5, 5.41) is 8.51. The number of aliphatic hydroxyl groups is 1. The van der Waals surface area contributed by atoms with Crippen LogP contribution in [0.15, 0.2) is 29.2 Å². The fourth-order valence-electron chi connectivity index (χ4n) is 1.22. The van der Waals surface area contributed by atoms with Crippen LogP contribution in [0.1, 0.15) is 12.0 Å². The predicted molar refractivity (Wildman–Crippen MR) is 71.8 cm³/mol. The second-order valence-corrected chi connectivity index (χ2v) is 7.47. The standard InChI is InChI=1S/C11H17O7PS/c1-10-3-5-11(6-4-10)20(15,16)18-9-19(13,14)17-8-2-7-12/h3-6,12H,2,7-9H2,1H3,(H,13,14). The van der Waals surface area contributed by atoms with Crippen molar-refractivity contribution in [2.24, 2.45) is 0 Å². The molecule has 7 nitrogen and oxygen atoms in total. The molecule has 1 aromatic carbocycles. The topological polar surface area (TPSA) is 110 Å². The van der Waals surface area contributed by atoms with Gasteiger partial charge in [-0.25, -0.2) is 0 Å². The molecular weight excluding hydrogens is 307 g/mol. The molecule has 0 amide bonds. The summed E-state index contributed by atoms with van der Waals surface area (Å²) in [4.78, 5) is 9.26. The van der Waals surface area contributed by atoms with Gasteiger partial charge in [-0.15, -0.1) is 0 Å². The van der Waals surface area contributed by atoms with Crippen LogP contribution in [-0.4, -0.2) is 38.0 Å². The molecule has 0 heterocycles. The van der Waals surface area contributed by atoms with E-state index in [1.54, 1.807) is 19.1 Å². The molecule has 20 heavy (non-hydrogen) atoms. The van der Waals surface area contributed by atoms with Gasteiger partial charge in [0, 0.05) is 6.61 Å². The summed E-state index contributed by atoms with van der Waals surface area (Å²) in [7, 11) is -8.26. The first-order valence-corrected chi connectivity index (χ1v) is 8.97. The Morgan fingerprint density at radius 2 is 1.85 bits per heavy atom. The van der Waals surface area contributed by atoms with Gasteiger partial charge in [0.1, 0.15) is 0 Å². The molecule has 0 bridgehead atoms. The Labute approximate surface area is 117 Å². The molecule has 2 N–H and O–H groups in total. The second kappa shape index (κ2) is 7.31. The van der Waals surface area contributed by atoms with E-state index in [2.05, 4.69) is 8.71 Å². The van der Waals surface area contributed by atoms with Gasteiger partial charge in [0.15, 0.2) is 6.35 Å². The Morgan fingerprint density at radius 1 is 1.25 bits per heavy atom. The Bertz CT molecular complexity index is 567. The summed E-state index contributed by atoms with van der Waals surface area (Å²) >= 11 is 0. The maximum absolute atomic E-state index is 11.8. The van der Waals surface area contributed by atoms with E-state index in [1.165, 1.54) is 12.1 Å². The predicted octanol–water partition coefficient (Wildman–Crippen LogP) is 1.24. The second-order valence-electron chi connectivity index (χ2n) is 4.06. The van der Waals surface area contributed by atoms with Crippen LogP contribution in [0.3, 0.4) is 0 Å². The maximum Gasteiger partial charge on any atom is 0.355 e. The fourth-order valence-corrected chi connectivity index (χ4v) is 3.40. The van der Waals surface area contributed by atoms with Crippen molar-refractivity contribution >= 4 is 17.7 Å². The summed E-state index contributed by atoms with van der Waals surface area (Å²) in [6.45, 7) is 1.45. The van der Waals surface area contributed by atoms with Crippen LogP contribution >= 0.6 is 7.60 Å². The number of hydrogen-bond donors (Lipinski definition) is 2. The monoisotopic (exact) mass is 324 g/mol. The molecule has 0 fully saturated rings. The zero-order valence-electron chi connectivity index (χ0n) is 10.9. The summed E-state index contributed by atoms with van der Waals surface area (Å²) < 4.78 is 44.1. The van der Waals surface area contributed by atoms with E-state index in [-0.39, 0.29) is 24.5 Å². The van der Waals surface area contributed by atoms with Gasteiger partial charge >= 0.3 is 7.60 Å². The lowest BCUT2D eigenvalue weighted by Gasteiger charge is -2.12. The smallest absolute Gasteiger partial charge is 0.355 e.